The van der Waals surface area contributed by atoms with Gasteiger partial charge in [-0.3, -0.25) is 0 Å². The number of aliphatic hydroxyl groups is 1. The Morgan fingerprint density at radius 3 is 2.41 bits per heavy atom. The van der Waals surface area contributed by atoms with E-state index in [1.54, 1.807) is 12.1 Å². The summed E-state index contributed by atoms with van der Waals surface area (Å²) in [6, 6.07) is 7.36. The van der Waals surface area contributed by atoms with E-state index in [1.807, 2.05) is 0 Å². The Hall–Kier alpha value is -1.75. The first-order valence-electron chi connectivity index (χ1n) is 4.86. The predicted octanol–water partition coefficient (Wildman–Crippen LogP) is 3.54. The number of hydrogen-bond acceptors (Lipinski definition) is 2. The van der Waals surface area contributed by atoms with Crippen LogP contribution in [0.5, 0.6) is 0 Å². The van der Waals surface area contributed by atoms with Crippen LogP contribution in [0.1, 0.15) is 11.7 Å². The summed E-state index contributed by atoms with van der Waals surface area (Å²) in [6.07, 6.45) is -4.47. The Morgan fingerprint density at radius 1 is 1.12 bits per heavy atom. The summed E-state index contributed by atoms with van der Waals surface area (Å²) < 4.78 is 42.3. The lowest BCUT2D eigenvalue weighted by molar-refractivity contribution is -0.206. The zero-order valence-electron chi connectivity index (χ0n) is 8.61. The quantitative estimate of drug-likeness (QED) is 0.873. The molecule has 1 N–H and O–H groups in total. The van der Waals surface area contributed by atoms with Crippen molar-refractivity contribution in [3.8, 4) is 11.1 Å². The lowest BCUT2D eigenvalue weighted by atomic mass is 9.98. The van der Waals surface area contributed by atoms with Crippen LogP contribution in [0.25, 0.3) is 11.1 Å². The first-order chi connectivity index (χ1) is 8.00. The molecule has 0 saturated heterocycles. The van der Waals surface area contributed by atoms with Crippen LogP contribution in [0.15, 0.2) is 47.3 Å². The second kappa shape index (κ2) is 4.25. The molecule has 1 atom stereocenters. The van der Waals surface area contributed by atoms with Crippen molar-refractivity contribution in [2.24, 2.45) is 0 Å². The summed E-state index contributed by atoms with van der Waals surface area (Å²) in [6.45, 7) is 0. The van der Waals surface area contributed by atoms with E-state index in [1.165, 1.54) is 30.7 Å². The summed E-state index contributed by atoms with van der Waals surface area (Å²) in [5, 5.41) is 9.28. The highest BCUT2D eigenvalue weighted by molar-refractivity contribution is 5.66. The standard InChI is InChI=1S/C12H9F3O2/c13-12(14,15)11(16)10-4-2-1-3-9(10)8-5-6-17-7-8/h1-7,11,16H. The largest absolute Gasteiger partial charge is 0.472 e. The van der Waals surface area contributed by atoms with Crippen LogP contribution in [-0.2, 0) is 0 Å². The molecule has 17 heavy (non-hydrogen) atoms. The third-order valence-corrected chi connectivity index (χ3v) is 2.40. The Bertz CT molecular complexity index is 489. The maximum absolute atomic E-state index is 12.5. The molecule has 1 aromatic carbocycles. The van der Waals surface area contributed by atoms with Gasteiger partial charge in [-0.1, -0.05) is 24.3 Å². The second-order valence-corrected chi connectivity index (χ2v) is 3.54. The van der Waals surface area contributed by atoms with Gasteiger partial charge in [-0.15, -0.1) is 0 Å². The molecule has 2 rings (SSSR count). The van der Waals surface area contributed by atoms with Gasteiger partial charge in [-0.25, -0.2) is 0 Å². The molecule has 0 fully saturated rings. The van der Waals surface area contributed by atoms with Gasteiger partial charge in [-0.05, 0) is 17.2 Å². The van der Waals surface area contributed by atoms with Crippen LogP contribution in [0.3, 0.4) is 0 Å². The Morgan fingerprint density at radius 2 is 1.82 bits per heavy atom. The number of rotatable bonds is 2. The van der Waals surface area contributed by atoms with Crippen LogP contribution >= 0.6 is 0 Å². The molecule has 1 aromatic heterocycles. The van der Waals surface area contributed by atoms with Crippen LogP contribution in [0.2, 0.25) is 0 Å². The molecule has 0 radical (unpaired) electrons. The number of aliphatic hydroxyl groups excluding tert-OH is 1. The van der Waals surface area contributed by atoms with E-state index in [-0.39, 0.29) is 5.56 Å². The molecule has 90 valence electrons. The predicted molar refractivity (Wildman–Crippen MR) is 55.2 cm³/mol. The summed E-state index contributed by atoms with van der Waals surface area (Å²) in [5.74, 6) is 0. The zero-order valence-corrected chi connectivity index (χ0v) is 8.61. The van der Waals surface area contributed by atoms with Gasteiger partial charge in [0, 0.05) is 5.56 Å². The SMILES string of the molecule is OC(c1ccccc1-c1ccoc1)C(F)(F)F. The lowest BCUT2D eigenvalue weighted by Gasteiger charge is -2.17. The van der Waals surface area contributed by atoms with Crippen molar-refractivity contribution in [3.05, 3.63) is 48.4 Å². The fourth-order valence-corrected chi connectivity index (χ4v) is 1.59. The number of alkyl halides is 3. The van der Waals surface area contributed by atoms with Gasteiger partial charge in [0.05, 0.1) is 12.5 Å². The molecule has 0 bridgehead atoms. The van der Waals surface area contributed by atoms with E-state index < -0.39 is 12.3 Å². The highest BCUT2D eigenvalue weighted by Crippen LogP contribution is 2.37. The van der Waals surface area contributed by atoms with Gasteiger partial charge < -0.3 is 9.52 Å². The monoisotopic (exact) mass is 242 g/mol. The fraction of sp³-hybridized carbons (Fsp3) is 0.167. The van der Waals surface area contributed by atoms with Gasteiger partial charge >= 0.3 is 6.18 Å². The molecule has 0 spiro atoms. The van der Waals surface area contributed by atoms with Crippen molar-refractivity contribution in [2.75, 3.05) is 0 Å². The van der Waals surface area contributed by atoms with Crippen LogP contribution in [0, 0.1) is 0 Å². The zero-order chi connectivity index (χ0) is 12.5. The molecular formula is C12H9F3O2. The minimum atomic E-state index is -4.68. The normalized spacial score (nSPS) is 13.6. The van der Waals surface area contributed by atoms with E-state index in [2.05, 4.69) is 0 Å². The summed E-state index contributed by atoms with van der Waals surface area (Å²) >= 11 is 0. The second-order valence-electron chi connectivity index (χ2n) is 3.54. The first-order valence-corrected chi connectivity index (χ1v) is 4.86. The Balaban J connectivity index is 2.49. The molecular weight excluding hydrogens is 233 g/mol. The summed E-state index contributed by atoms with van der Waals surface area (Å²) in [5.41, 5.74) is 0.636. The molecule has 0 aliphatic carbocycles. The van der Waals surface area contributed by atoms with Crippen molar-refractivity contribution >= 4 is 0 Å². The van der Waals surface area contributed by atoms with Gasteiger partial charge in [-0.2, -0.15) is 13.2 Å². The number of furan rings is 1. The van der Waals surface area contributed by atoms with Crippen molar-refractivity contribution in [1.82, 2.24) is 0 Å². The highest BCUT2D eigenvalue weighted by Gasteiger charge is 2.40. The fourth-order valence-electron chi connectivity index (χ4n) is 1.59. The lowest BCUT2D eigenvalue weighted by Crippen LogP contribution is -2.20. The molecule has 5 heteroatoms. The van der Waals surface area contributed by atoms with Crippen LogP contribution in [0.4, 0.5) is 13.2 Å². The molecule has 0 saturated carbocycles. The average molecular weight is 242 g/mol. The van der Waals surface area contributed by atoms with E-state index >= 15 is 0 Å². The third kappa shape index (κ3) is 2.34. The smallest absolute Gasteiger partial charge is 0.418 e. The van der Waals surface area contributed by atoms with Crippen LogP contribution in [-0.4, -0.2) is 11.3 Å². The third-order valence-electron chi connectivity index (χ3n) is 2.40. The van der Waals surface area contributed by atoms with E-state index in [0.29, 0.717) is 11.1 Å². The summed E-state index contributed by atoms with van der Waals surface area (Å²) in [7, 11) is 0. The maximum Gasteiger partial charge on any atom is 0.418 e. The summed E-state index contributed by atoms with van der Waals surface area (Å²) in [4.78, 5) is 0. The Kier molecular flexibility index (Phi) is 2.93. The topological polar surface area (TPSA) is 33.4 Å². The molecule has 0 aliphatic heterocycles. The molecule has 0 amide bonds. The average Bonchev–Trinajstić information content (AvgIpc) is 2.80. The molecule has 2 nitrogen and oxygen atoms in total. The minimum absolute atomic E-state index is 0.179. The van der Waals surface area contributed by atoms with Gasteiger partial charge in [0.2, 0.25) is 0 Å². The van der Waals surface area contributed by atoms with Gasteiger partial charge in [0.25, 0.3) is 0 Å². The molecule has 2 aromatic rings. The molecule has 0 aliphatic rings. The van der Waals surface area contributed by atoms with Crippen LogP contribution < -0.4 is 0 Å². The van der Waals surface area contributed by atoms with Crippen molar-refractivity contribution in [2.45, 2.75) is 12.3 Å². The van der Waals surface area contributed by atoms with Crippen molar-refractivity contribution < 1.29 is 22.7 Å². The minimum Gasteiger partial charge on any atom is -0.472 e. The number of halogens is 3. The van der Waals surface area contributed by atoms with Crippen molar-refractivity contribution in [1.29, 1.82) is 0 Å². The molecule has 1 heterocycles. The highest BCUT2D eigenvalue weighted by atomic mass is 19.4. The number of hydrogen-bond donors (Lipinski definition) is 1. The number of benzene rings is 1. The van der Waals surface area contributed by atoms with E-state index in [4.69, 9.17) is 4.42 Å². The molecule has 1 unspecified atom stereocenters. The first kappa shape index (κ1) is 11.7. The maximum atomic E-state index is 12.5. The van der Waals surface area contributed by atoms with Crippen molar-refractivity contribution in [3.63, 3.8) is 0 Å². The van der Waals surface area contributed by atoms with E-state index in [0.717, 1.165) is 0 Å². The Labute approximate surface area is 95.3 Å². The van der Waals surface area contributed by atoms with Gasteiger partial charge in [0.15, 0.2) is 6.10 Å². The van der Waals surface area contributed by atoms with E-state index in [9.17, 15) is 18.3 Å². The van der Waals surface area contributed by atoms with Gasteiger partial charge in [0.1, 0.15) is 0 Å².